The lowest BCUT2D eigenvalue weighted by molar-refractivity contribution is -0.262. The fourth-order valence-electron chi connectivity index (χ4n) is 1.61. The molecule has 0 radical (unpaired) electrons. The van der Waals surface area contributed by atoms with Crippen LogP contribution in [0.4, 0.5) is 13.2 Å². The van der Waals surface area contributed by atoms with Crippen molar-refractivity contribution in [1.29, 1.82) is 0 Å². The van der Waals surface area contributed by atoms with Gasteiger partial charge in [0.05, 0.1) is 6.61 Å². The van der Waals surface area contributed by atoms with Gasteiger partial charge in [0, 0.05) is 0 Å². The molecule has 9 heteroatoms. The molecule has 0 aromatic rings. The van der Waals surface area contributed by atoms with Crippen LogP contribution in [0.15, 0.2) is 0 Å². The highest BCUT2D eigenvalue weighted by Gasteiger charge is 2.71. The van der Waals surface area contributed by atoms with Crippen molar-refractivity contribution in [2.24, 2.45) is 5.92 Å². The van der Waals surface area contributed by atoms with Crippen LogP contribution in [-0.4, -0.2) is 44.2 Å². The highest BCUT2D eigenvalue weighted by molar-refractivity contribution is 6.70. The smallest absolute Gasteiger partial charge is 0.438 e. The monoisotopic (exact) mass is 372 g/mol. The van der Waals surface area contributed by atoms with Gasteiger partial charge in [-0.3, -0.25) is 0 Å². The summed E-state index contributed by atoms with van der Waals surface area (Å²) >= 11 is 0. The summed E-state index contributed by atoms with van der Waals surface area (Å²) < 4.78 is 56.0. The first kappa shape index (κ1) is 22.9. The lowest BCUT2D eigenvalue weighted by Crippen LogP contribution is -2.65. The van der Waals surface area contributed by atoms with E-state index in [-0.39, 0.29) is 12.5 Å². The van der Waals surface area contributed by atoms with E-state index in [0.717, 1.165) is 0 Å². The number of hydrogen-bond acceptors (Lipinski definition) is 5. The summed E-state index contributed by atoms with van der Waals surface area (Å²) in [5, 5.41) is 0. The number of carbonyl (C=O) groups excluding carboxylic acids is 2. The van der Waals surface area contributed by atoms with Crippen molar-refractivity contribution in [3.05, 3.63) is 0 Å². The number of hydrogen-bond donors (Lipinski definition) is 0. The maximum absolute atomic E-state index is 13.8. The molecule has 0 aromatic carbocycles. The molecule has 24 heavy (non-hydrogen) atoms. The van der Waals surface area contributed by atoms with E-state index in [2.05, 4.69) is 0 Å². The van der Waals surface area contributed by atoms with Gasteiger partial charge in [0.25, 0.3) is 0 Å². The Bertz CT molecular complexity index is 463. The van der Waals surface area contributed by atoms with Crippen LogP contribution in [-0.2, 0) is 23.5 Å². The van der Waals surface area contributed by atoms with E-state index in [4.69, 9.17) is 13.9 Å². The summed E-state index contributed by atoms with van der Waals surface area (Å²) in [5.74, 6) is -3.80. The molecule has 0 rings (SSSR count). The quantitative estimate of drug-likeness (QED) is 0.404. The van der Waals surface area contributed by atoms with Crippen LogP contribution in [0.2, 0.25) is 19.6 Å². The van der Waals surface area contributed by atoms with Gasteiger partial charge in [-0.25, -0.2) is 9.59 Å². The van der Waals surface area contributed by atoms with Gasteiger partial charge in [0.1, 0.15) is 5.60 Å². The molecule has 1 atom stereocenters. The molecule has 0 bridgehead atoms. The van der Waals surface area contributed by atoms with Gasteiger partial charge in [-0.2, -0.15) is 13.2 Å². The zero-order chi connectivity index (χ0) is 19.6. The third kappa shape index (κ3) is 6.43. The van der Waals surface area contributed by atoms with Gasteiger partial charge >= 0.3 is 23.7 Å². The number of ether oxygens (including phenoxy) is 2. The van der Waals surface area contributed by atoms with Gasteiger partial charge in [-0.15, -0.1) is 0 Å². The van der Waals surface area contributed by atoms with E-state index in [0.29, 0.717) is 0 Å². The predicted octanol–water partition coefficient (Wildman–Crippen LogP) is 3.68. The van der Waals surface area contributed by atoms with Crippen LogP contribution in [0.1, 0.15) is 34.6 Å². The summed E-state index contributed by atoms with van der Waals surface area (Å²) in [7, 11) is -2.98. The molecular weight excluding hydrogens is 345 g/mol. The average molecular weight is 372 g/mol. The number of alkyl halides is 3. The minimum atomic E-state index is -5.32. The molecule has 142 valence electrons. The van der Waals surface area contributed by atoms with E-state index in [9.17, 15) is 22.8 Å². The fraction of sp³-hybridized carbons (Fsp3) is 0.867. The zero-order valence-electron chi connectivity index (χ0n) is 15.5. The Labute approximate surface area is 142 Å². The summed E-state index contributed by atoms with van der Waals surface area (Å²) in [6, 6.07) is 0. The van der Waals surface area contributed by atoms with Gasteiger partial charge in [0.15, 0.2) is 8.32 Å². The van der Waals surface area contributed by atoms with Crippen LogP contribution >= 0.6 is 0 Å². The maximum Gasteiger partial charge on any atom is 0.438 e. The van der Waals surface area contributed by atoms with Crippen molar-refractivity contribution in [2.45, 2.75) is 71.6 Å². The van der Waals surface area contributed by atoms with Gasteiger partial charge in [0.2, 0.25) is 0 Å². The molecule has 5 nitrogen and oxygen atoms in total. The third-order valence-corrected chi connectivity index (χ3v) is 3.30. The molecule has 0 aliphatic heterocycles. The Morgan fingerprint density at radius 2 is 1.46 bits per heavy atom. The molecular formula is C15H27F3O5Si. The Kier molecular flexibility index (Phi) is 7.09. The minimum Gasteiger partial charge on any atom is -0.463 e. The first-order valence-corrected chi connectivity index (χ1v) is 11.0. The molecule has 0 spiro atoms. The lowest BCUT2D eigenvalue weighted by atomic mass is 10.0. The Morgan fingerprint density at radius 1 is 1.00 bits per heavy atom. The van der Waals surface area contributed by atoms with Crippen molar-refractivity contribution < 1.29 is 36.7 Å². The second-order valence-corrected chi connectivity index (χ2v) is 12.3. The molecule has 0 saturated heterocycles. The standard InChI is InChI=1S/C15H27F3O5Si/c1-10(2)9-21-11(19)14(15(16,17)18,23-24(6,7)8)12(20)22-13(3,4)5/h10H,9H2,1-8H3. The van der Waals surface area contributed by atoms with Gasteiger partial charge in [-0.1, -0.05) is 13.8 Å². The van der Waals surface area contributed by atoms with E-state index >= 15 is 0 Å². The highest BCUT2D eigenvalue weighted by Crippen LogP contribution is 2.39. The Hall–Kier alpha value is -1.09. The number of halogens is 3. The van der Waals surface area contributed by atoms with Crippen LogP contribution < -0.4 is 0 Å². The molecule has 0 saturated carbocycles. The van der Waals surface area contributed by atoms with Crippen molar-refractivity contribution >= 4 is 20.3 Å². The largest absolute Gasteiger partial charge is 0.463 e. The van der Waals surface area contributed by atoms with Crippen molar-refractivity contribution in [3.8, 4) is 0 Å². The molecule has 0 aliphatic rings. The fourth-order valence-corrected chi connectivity index (χ4v) is 2.81. The second-order valence-electron chi connectivity index (χ2n) is 7.89. The predicted molar refractivity (Wildman–Crippen MR) is 84.9 cm³/mol. The van der Waals surface area contributed by atoms with Crippen molar-refractivity contribution in [2.75, 3.05) is 6.61 Å². The average Bonchev–Trinajstić information content (AvgIpc) is 2.27. The summed E-state index contributed by atoms with van der Waals surface area (Å²) in [6.45, 7) is 11.6. The molecule has 0 N–H and O–H groups in total. The first-order chi connectivity index (χ1) is 10.4. The highest BCUT2D eigenvalue weighted by atomic mass is 28.4. The number of esters is 2. The van der Waals surface area contributed by atoms with Crippen LogP contribution in [0.3, 0.4) is 0 Å². The van der Waals surface area contributed by atoms with E-state index < -0.39 is 37.6 Å². The van der Waals surface area contributed by atoms with Gasteiger partial charge < -0.3 is 13.9 Å². The van der Waals surface area contributed by atoms with E-state index in [1.165, 1.54) is 40.4 Å². The summed E-state index contributed by atoms with van der Waals surface area (Å²) in [5.41, 5.74) is -5.01. The Balaban J connectivity index is 6.07. The second kappa shape index (κ2) is 7.43. The molecule has 0 aromatic heterocycles. The summed E-state index contributed by atoms with van der Waals surface area (Å²) in [6.07, 6.45) is -5.32. The van der Waals surface area contributed by atoms with E-state index in [1.54, 1.807) is 13.8 Å². The molecule has 0 heterocycles. The van der Waals surface area contributed by atoms with Crippen molar-refractivity contribution in [3.63, 3.8) is 0 Å². The zero-order valence-corrected chi connectivity index (χ0v) is 16.5. The number of carbonyl (C=O) groups is 2. The van der Waals surface area contributed by atoms with Crippen molar-refractivity contribution in [1.82, 2.24) is 0 Å². The normalized spacial score (nSPS) is 15.8. The van der Waals surface area contributed by atoms with Gasteiger partial charge in [-0.05, 0) is 46.3 Å². The SMILES string of the molecule is CC(C)COC(=O)C(O[Si](C)(C)C)(C(=O)OC(C)(C)C)C(F)(F)F. The van der Waals surface area contributed by atoms with E-state index in [1.807, 2.05) is 0 Å². The Morgan fingerprint density at radius 3 is 1.75 bits per heavy atom. The number of rotatable bonds is 6. The molecule has 0 amide bonds. The first-order valence-electron chi connectivity index (χ1n) is 7.60. The maximum atomic E-state index is 13.8. The molecule has 0 fully saturated rings. The lowest BCUT2D eigenvalue weighted by Gasteiger charge is -2.37. The minimum absolute atomic E-state index is 0.203. The third-order valence-electron chi connectivity index (χ3n) is 2.38. The topological polar surface area (TPSA) is 61.8 Å². The summed E-state index contributed by atoms with van der Waals surface area (Å²) in [4.78, 5) is 24.6. The van der Waals surface area contributed by atoms with Crippen LogP contribution in [0.5, 0.6) is 0 Å². The van der Waals surface area contributed by atoms with Crippen LogP contribution in [0, 0.1) is 5.92 Å². The molecule has 0 aliphatic carbocycles. The molecule has 1 unspecified atom stereocenters. The van der Waals surface area contributed by atoms with Crippen LogP contribution in [0.25, 0.3) is 0 Å².